The van der Waals surface area contributed by atoms with Gasteiger partial charge in [0.25, 0.3) is 0 Å². The first-order valence-electron chi connectivity index (χ1n) is 10.0. The molecule has 2 amide bonds. The third-order valence-electron chi connectivity index (χ3n) is 5.03. The zero-order chi connectivity index (χ0) is 19.5. The molecular weight excluding hydrogens is 340 g/mol. The van der Waals surface area contributed by atoms with E-state index in [4.69, 9.17) is 5.73 Å². The molecule has 2 atom stereocenters. The van der Waals surface area contributed by atoms with Crippen molar-refractivity contribution in [3.05, 3.63) is 48.0 Å². The van der Waals surface area contributed by atoms with Gasteiger partial charge in [0.1, 0.15) is 0 Å². The molecule has 1 aliphatic rings. The fourth-order valence-electron chi connectivity index (χ4n) is 3.55. The Kier molecular flexibility index (Phi) is 9.05. The average molecular weight is 373 g/mol. The van der Waals surface area contributed by atoms with Crippen molar-refractivity contribution >= 4 is 11.8 Å². The normalized spacial score (nSPS) is 18.8. The molecule has 1 aromatic carbocycles. The van der Waals surface area contributed by atoms with Crippen molar-refractivity contribution in [2.24, 2.45) is 5.73 Å². The van der Waals surface area contributed by atoms with Gasteiger partial charge in [0.15, 0.2) is 0 Å². The Hall–Kier alpha value is -2.14. The van der Waals surface area contributed by atoms with E-state index < -0.39 is 6.10 Å². The third kappa shape index (κ3) is 7.95. The maximum Gasteiger partial charge on any atom is 0.223 e. The van der Waals surface area contributed by atoms with E-state index in [1.807, 2.05) is 47.4 Å². The number of carbonyl (C=O) groups is 2. The van der Waals surface area contributed by atoms with Crippen molar-refractivity contribution in [1.29, 1.82) is 0 Å². The maximum atomic E-state index is 12.3. The van der Waals surface area contributed by atoms with Crippen LogP contribution in [-0.4, -0.2) is 40.5 Å². The number of hydrogen-bond donors (Lipinski definition) is 2. The minimum atomic E-state index is -0.542. The summed E-state index contributed by atoms with van der Waals surface area (Å²) in [6.45, 7) is 0.735. The van der Waals surface area contributed by atoms with Crippen molar-refractivity contribution in [1.82, 2.24) is 4.90 Å². The van der Waals surface area contributed by atoms with E-state index in [0.717, 1.165) is 50.6 Å². The second-order valence-corrected chi connectivity index (χ2v) is 7.32. The number of likely N-dealkylation sites (tertiary alicyclic amines) is 1. The van der Waals surface area contributed by atoms with Crippen LogP contribution in [0.15, 0.2) is 42.5 Å². The highest BCUT2D eigenvalue weighted by Gasteiger charge is 2.25. The molecule has 1 saturated heterocycles. The standard InChI is InChI=1S/C22H32N2O3/c23-21(26)12-6-1-2-7-16-24-19(11-8-13-22(24)27)14-15-20(25)17-18-9-4-3-5-10-18/h3-5,9-10,14-15,19-20,25H,1-2,6-8,11-13,16-17H2,(H2,23,26)/t19-,20?/m1/s1. The van der Waals surface area contributed by atoms with E-state index in [-0.39, 0.29) is 17.9 Å². The smallest absolute Gasteiger partial charge is 0.223 e. The molecule has 0 aromatic heterocycles. The van der Waals surface area contributed by atoms with Gasteiger partial charge in [-0.2, -0.15) is 0 Å². The highest BCUT2D eigenvalue weighted by atomic mass is 16.3. The van der Waals surface area contributed by atoms with Gasteiger partial charge in [-0.3, -0.25) is 9.59 Å². The topological polar surface area (TPSA) is 83.6 Å². The average Bonchev–Trinajstić information content (AvgIpc) is 2.65. The summed E-state index contributed by atoms with van der Waals surface area (Å²) in [5.41, 5.74) is 6.25. The van der Waals surface area contributed by atoms with Crippen molar-refractivity contribution in [2.45, 2.75) is 69.9 Å². The summed E-state index contributed by atoms with van der Waals surface area (Å²) in [6, 6.07) is 9.98. The fraction of sp³-hybridized carbons (Fsp3) is 0.545. The van der Waals surface area contributed by atoms with Crippen LogP contribution in [0.5, 0.6) is 0 Å². The predicted molar refractivity (Wildman–Crippen MR) is 107 cm³/mol. The van der Waals surface area contributed by atoms with Crippen molar-refractivity contribution < 1.29 is 14.7 Å². The van der Waals surface area contributed by atoms with Gasteiger partial charge in [-0.25, -0.2) is 0 Å². The quantitative estimate of drug-likeness (QED) is 0.463. The molecule has 1 fully saturated rings. The molecule has 0 saturated carbocycles. The number of aliphatic hydroxyl groups is 1. The minimum Gasteiger partial charge on any atom is -0.389 e. The molecule has 5 nitrogen and oxygen atoms in total. The van der Waals surface area contributed by atoms with Crippen LogP contribution in [-0.2, 0) is 16.0 Å². The number of nitrogens with two attached hydrogens (primary N) is 1. The number of primary amides is 1. The first kappa shape index (κ1) is 21.2. The van der Waals surface area contributed by atoms with Gasteiger partial charge in [0.2, 0.25) is 11.8 Å². The van der Waals surface area contributed by atoms with Gasteiger partial charge < -0.3 is 15.7 Å². The van der Waals surface area contributed by atoms with Crippen LogP contribution in [0.4, 0.5) is 0 Å². The molecule has 0 bridgehead atoms. The number of benzene rings is 1. The summed E-state index contributed by atoms with van der Waals surface area (Å²) in [5, 5.41) is 10.3. The number of piperidine rings is 1. The summed E-state index contributed by atoms with van der Waals surface area (Å²) in [4.78, 5) is 25.0. The highest BCUT2D eigenvalue weighted by molar-refractivity contribution is 5.77. The van der Waals surface area contributed by atoms with E-state index in [0.29, 0.717) is 19.3 Å². The van der Waals surface area contributed by atoms with Crippen LogP contribution in [0.25, 0.3) is 0 Å². The van der Waals surface area contributed by atoms with E-state index in [1.165, 1.54) is 0 Å². The summed E-state index contributed by atoms with van der Waals surface area (Å²) in [7, 11) is 0. The number of unbranched alkanes of at least 4 members (excludes halogenated alkanes) is 3. The molecule has 0 radical (unpaired) electrons. The first-order valence-corrected chi connectivity index (χ1v) is 10.0. The van der Waals surface area contributed by atoms with Gasteiger partial charge in [0, 0.05) is 25.8 Å². The lowest BCUT2D eigenvalue weighted by Crippen LogP contribution is -2.43. The maximum absolute atomic E-state index is 12.3. The lowest BCUT2D eigenvalue weighted by molar-refractivity contribution is -0.135. The molecule has 1 unspecified atom stereocenters. The lowest BCUT2D eigenvalue weighted by Gasteiger charge is -2.34. The monoisotopic (exact) mass is 372 g/mol. The molecule has 3 N–H and O–H groups in total. The third-order valence-corrected chi connectivity index (χ3v) is 5.03. The molecule has 5 heteroatoms. The first-order chi connectivity index (χ1) is 13.1. The second-order valence-electron chi connectivity index (χ2n) is 7.32. The summed E-state index contributed by atoms with van der Waals surface area (Å²) >= 11 is 0. The molecule has 0 spiro atoms. The molecule has 1 aliphatic heterocycles. The van der Waals surface area contributed by atoms with Crippen molar-refractivity contribution in [3.8, 4) is 0 Å². The fourth-order valence-corrected chi connectivity index (χ4v) is 3.55. The van der Waals surface area contributed by atoms with Crippen molar-refractivity contribution in [2.75, 3.05) is 6.54 Å². The molecule has 27 heavy (non-hydrogen) atoms. The Morgan fingerprint density at radius 2 is 1.96 bits per heavy atom. The van der Waals surface area contributed by atoms with Crippen LogP contribution >= 0.6 is 0 Å². The largest absolute Gasteiger partial charge is 0.389 e. The van der Waals surface area contributed by atoms with Gasteiger partial charge in [-0.05, 0) is 31.2 Å². The Morgan fingerprint density at radius 3 is 2.70 bits per heavy atom. The lowest BCUT2D eigenvalue weighted by atomic mass is 9.99. The number of rotatable bonds is 11. The van der Waals surface area contributed by atoms with Crippen LogP contribution in [0.3, 0.4) is 0 Å². The van der Waals surface area contributed by atoms with E-state index in [9.17, 15) is 14.7 Å². The molecule has 2 rings (SSSR count). The molecule has 1 aromatic rings. The van der Waals surface area contributed by atoms with Gasteiger partial charge >= 0.3 is 0 Å². The Bertz CT molecular complexity index is 615. The predicted octanol–water partition coefficient (Wildman–Crippen LogP) is 2.96. The summed E-state index contributed by atoms with van der Waals surface area (Å²) in [5.74, 6) is -0.0499. The molecule has 1 heterocycles. The van der Waals surface area contributed by atoms with E-state index in [2.05, 4.69) is 0 Å². The molecule has 0 aliphatic carbocycles. The van der Waals surface area contributed by atoms with Crippen LogP contribution in [0.2, 0.25) is 0 Å². The van der Waals surface area contributed by atoms with E-state index in [1.54, 1.807) is 0 Å². The Morgan fingerprint density at radius 1 is 1.22 bits per heavy atom. The SMILES string of the molecule is NC(=O)CCCCCCN1C(=O)CCC[C@@H]1C=CC(O)Cc1ccccc1. The number of carbonyl (C=O) groups excluding carboxylic acids is 2. The second kappa shape index (κ2) is 11.5. The van der Waals surface area contributed by atoms with Crippen molar-refractivity contribution in [3.63, 3.8) is 0 Å². The van der Waals surface area contributed by atoms with Gasteiger partial charge in [-0.1, -0.05) is 55.3 Å². The number of hydrogen-bond acceptors (Lipinski definition) is 3. The van der Waals surface area contributed by atoms with Crippen LogP contribution in [0.1, 0.15) is 56.9 Å². The van der Waals surface area contributed by atoms with Crippen LogP contribution in [0, 0.1) is 0 Å². The summed E-state index contributed by atoms with van der Waals surface area (Å²) < 4.78 is 0. The van der Waals surface area contributed by atoms with Crippen LogP contribution < -0.4 is 5.73 Å². The number of amides is 2. The highest BCUT2D eigenvalue weighted by Crippen LogP contribution is 2.21. The number of aliphatic hydroxyl groups excluding tert-OH is 1. The molecular formula is C22H32N2O3. The van der Waals surface area contributed by atoms with E-state index >= 15 is 0 Å². The molecule has 148 valence electrons. The summed E-state index contributed by atoms with van der Waals surface area (Å²) in [6.07, 6.45) is 10.5. The zero-order valence-corrected chi connectivity index (χ0v) is 16.1. The number of nitrogens with zero attached hydrogens (tertiary/aromatic N) is 1. The minimum absolute atomic E-state index is 0.0716. The van der Waals surface area contributed by atoms with Gasteiger partial charge in [0.05, 0.1) is 12.1 Å². The Balaban J connectivity index is 1.79. The van der Waals surface area contributed by atoms with Gasteiger partial charge in [-0.15, -0.1) is 0 Å². The zero-order valence-electron chi connectivity index (χ0n) is 16.1. The Labute approximate surface area is 162 Å².